The zero-order chi connectivity index (χ0) is 14.9. The van der Waals surface area contributed by atoms with E-state index in [4.69, 9.17) is 20.1 Å². The highest BCUT2D eigenvalue weighted by Gasteiger charge is 2.03. The molecule has 0 saturated carbocycles. The standard InChI is InChI=1S/C8H15NO5.C3H8O2/c10-4-6-14-5-3-9-7(11)1-2-8(12)13;1-5-3-2-4/h10H,1-6H2,(H,9,11)(H,12,13);4H,2-3H2,1H3. The molecule has 19 heavy (non-hydrogen) atoms. The lowest BCUT2D eigenvalue weighted by molar-refractivity contribution is -0.138. The highest BCUT2D eigenvalue weighted by Crippen LogP contribution is 1.87. The van der Waals surface area contributed by atoms with Crippen molar-refractivity contribution in [3.05, 3.63) is 0 Å². The average Bonchev–Trinajstić information content (AvgIpc) is 2.38. The van der Waals surface area contributed by atoms with Crippen LogP contribution < -0.4 is 5.32 Å². The second-order valence-electron chi connectivity index (χ2n) is 3.30. The van der Waals surface area contributed by atoms with Crippen LogP contribution in [0.15, 0.2) is 0 Å². The first-order chi connectivity index (χ1) is 9.08. The third kappa shape index (κ3) is 22.4. The van der Waals surface area contributed by atoms with Gasteiger partial charge in [-0.1, -0.05) is 0 Å². The smallest absolute Gasteiger partial charge is 0.303 e. The van der Waals surface area contributed by atoms with Gasteiger partial charge in [-0.3, -0.25) is 9.59 Å². The molecule has 0 aliphatic heterocycles. The van der Waals surface area contributed by atoms with E-state index in [1.165, 1.54) is 0 Å². The van der Waals surface area contributed by atoms with Crippen molar-refractivity contribution in [2.24, 2.45) is 0 Å². The van der Waals surface area contributed by atoms with Crippen molar-refractivity contribution in [3.63, 3.8) is 0 Å². The third-order valence-corrected chi connectivity index (χ3v) is 1.67. The molecule has 0 rings (SSSR count). The minimum Gasteiger partial charge on any atom is -0.481 e. The lowest BCUT2D eigenvalue weighted by Crippen LogP contribution is -2.27. The van der Waals surface area contributed by atoms with E-state index in [2.05, 4.69) is 10.1 Å². The first-order valence-electron chi connectivity index (χ1n) is 5.85. The number of carbonyl (C=O) groups excluding carboxylic acids is 1. The molecule has 0 spiro atoms. The van der Waals surface area contributed by atoms with E-state index in [0.717, 1.165) is 0 Å². The predicted octanol–water partition coefficient (Wildman–Crippen LogP) is -1.40. The lowest BCUT2D eigenvalue weighted by Gasteiger charge is -2.04. The summed E-state index contributed by atoms with van der Waals surface area (Å²) in [5.41, 5.74) is 0. The molecular weight excluding hydrogens is 258 g/mol. The minimum absolute atomic E-state index is 0.0185. The van der Waals surface area contributed by atoms with Crippen molar-refractivity contribution in [2.45, 2.75) is 12.8 Å². The number of aliphatic hydroxyl groups excluding tert-OH is 2. The Hall–Kier alpha value is -1.22. The molecule has 0 unspecified atom stereocenters. The maximum Gasteiger partial charge on any atom is 0.303 e. The Morgan fingerprint density at radius 1 is 1.05 bits per heavy atom. The van der Waals surface area contributed by atoms with E-state index in [1.807, 2.05) is 0 Å². The number of carboxylic acids is 1. The number of carbonyl (C=O) groups is 2. The van der Waals surface area contributed by atoms with Crippen LogP contribution in [0.5, 0.6) is 0 Å². The molecule has 0 fully saturated rings. The highest BCUT2D eigenvalue weighted by molar-refractivity contribution is 5.80. The first kappa shape index (κ1) is 20.1. The summed E-state index contributed by atoms with van der Waals surface area (Å²) < 4.78 is 9.32. The second kappa shape index (κ2) is 16.8. The van der Waals surface area contributed by atoms with E-state index >= 15 is 0 Å². The third-order valence-electron chi connectivity index (χ3n) is 1.67. The Morgan fingerprint density at radius 2 is 1.68 bits per heavy atom. The molecule has 0 radical (unpaired) electrons. The number of aliphatic carboxylic acids is 1. The quantitative estimate of drug-likeness (QED) is 0.363. The maximum atomic E-state index is 10.9. The van der Waals surface area contributed by atoms with Gasteiger partial charge in [-0.15, -0.1) is 0 Å². The van der Waals surface area contributed by atoms with Gasteiger partial charge in [-0.25, -0.2) is 0 Å². The Labute approximate surface area is 112 Å². The number of ether oxygens (including phenoxy) is 2. The molecule has 0 saturated heterocycles. The topological polar surface area (TPSA) is 125 Å². The number of aliphatic hydroxyl groups is 2. The van der Waals surface area contributed by atoms with Crippen molar-refractivity contribution >= 4 is 11.9 Å². The SMILES string of the molecule is COCCO.O=C(O)CCC(=O)NCCOCCO. The van der Waals surface area contributed by atoms with E-state index in [-0.39, 0.29) is 38.6 Å². The van der Waals surface area contributed by atoms with Crippen LogP contribution in [0.1, 0.15) is 12.8 Å². The van der Waals surface area contributed by atoms with E-state index in [1.54, 1.807) is 7.11 Å². The molecule has 8 nitrogen and oxygen atoms in total. The summed E-state index contributed by atoms with van der Waals surface area (Å²) in [6.45, 7) is 1.41. The van der Waals surface area contributed by atoms with Crippen LogP contribution in [0.4, 0.5) is 0 Å². The Morgan fingerprint density at radius 3 is 2.11 bits per heavy atom. The number of nitrogens with one attached hydrogen (secondary N) is 1. The molecule has 0 aromatic rings. The van der Waals surface area contributed by atoms with Gasteiger partial charge in [0, 0.05) is 20.1 Å². The first-order valence-corrected chi connectivity index (χ1v) is 5.85. The van der Waals surface area contributed by atoms with Crippen LogP contribution in [-0.2, 0) is 19.1 Å². The van der Waals surface area contributed by atoms with E-state index in [0.29, 0.717) is 19.8 Å². The van der Waals surface area contributed by atoms with Crippen LogP contribution in [0.2, 0.25) is 0 Å². The Balaban J connectivity index is 0. The number of hydrogen-bond donors (Lipinski definition) is 4. The molecule has 4 N–H and O–H groups in total. The Bertz CT molecular complexity index is 221. The van der Waals surface area contributed by atoms with Crippen molar-refractivity contribution in [1.29, 1.82) is 0 Å². The van der Waals surface area contributed by atoms with Gasteiger partial charge < -0.3 is 30.1 Å². The van der Waals surface area contributed by atoms with Crippen LogP contribution in [0.3, 0.4) is 0 Å². The summed E-state index contributed by atoms with van der Waals surface area (Å²) in [6.07, 6.45) is -0.182. The lowest BCUT2D eigenvalue weighted by atomic mass is 10.3. The molecule has 1 amide bonds. The summed E-state index contributed by atoms with van der Waals surface area (Å²) in [5, 5.41) is 27.0. The van der Waals surface area contributed by atoms with Crippen molar-refractivity contribution in [3.8, 4) is 0 Å². The molecule has 8 heteroatoms. The normalized spacial score (nSPS) is 9.42. The fraction of sp³-hybridized carbons (Fsp3) is 0.818. The number of hydrogen-bond acceptors (Lipinski definition) is 6. The maximum absolute atomic E-state index is 10.9. The molecule has 0 aliphatic rings. The predicted molar refractivity (Wildman–Crippen MR) is 66.7 cm³/mol. The fourth-order valence-electron chi connectivity index (χ4n) is 0.829. The summed E-state index contributed by atoms with van der Waals surface area (Å²) in [7, 11) is 1.55. The Kier molecular flexibility index (Phi) is 17.8. The zero-order valence-electron chi connectivity index (χ0n) is 11.1. The van der Waals surface area contributed by atoms with Gasteiger partial charge in [0.05, 0.1) is 39.5 Å². The van der Waals surface area contributed by atoms with Gasteiger partial charge in [0.15, 0.2) is 0 Å². The minimum atomic E-state index is -0.989. The highest BCUT2D eigenvalue weighted by atomic mass is 16.5. The van der Waals surface area contributed by atoms with Crippen molar-refractivity contribution in [2.75, 3.05) is 46.7 Å². The van der Waals surface area contributed by atoms with Crippen LogP contribution in [0.25, 0.3) is 0 Å². The molecule has 0 heterocycles. The summed E-state index contributed by atoms with van der Waals surface area (Å²) >= 11 is 0. The second-order valence-corrected chi connectivity index (χ2v) is 3.30. The molecule has 0 aromatic heterocycles. The summed E-state index contributed by atoms with van der Waals surface area (Å²) in [5.74, 6) is -1.29. The molecule has 0 aliphatic carbocycles. The van der Waals surface area contributed by atoms with E-state index < -0.39 is 5.97 Å². The van der Waals surface area contributed by atoms with Crippen molar-refractivity contribution < 1.29 is 34.4 Å². The van der Waals surface area contributed by atoms with Gasteiger partial charge in [-0.05, 0) is 0 Å². The molecule has 114 valence electrons. The van der Waals surface area contributed by atoms with Crippen LogP contribution >= 0.6 is 0 Å². The summed E-state index contributed by atoms with van der Waals surface area (Å²) in [6, 6.07) is 0. The fourth-order valence-corrected chi connectivity index (χ4v) is 0.829. The number of methoxy groups -OCH3 is 1. The number of amides is 1. The van der Waals surface area contributed by atoms with Gasteiger partial charge >= 0.3 is 5.97 Å². The largest absolute Gasteiger partial charge is 0.481 e. The monoisotopic (exact) mass is 281 g/mol. The van der Waals surface area contributed by atoms with Crippen LogP contribution in [-0.4, -0.2) is 73.9 Å². The summed E-state index contributed by atoms with van der Waals surface area (Å²) in [4.78, 5) is 21.0. The average molecular weight is 281 g/mol. The molecule has 0 atom stereocenters. The zero-order valence-corrected chi connectivity index (χ0v) is 11.1. The van der Waals surface area contributed by atoms with Crippen molar-refractivity contribution in [1.82, 2.24) is 5.32 Å². The van der Waals surface area contributed by atoms with Gasteiger partial charge in [0.2, 0.25) is 5.91 Å². The van der Waals surface area contributed by atoms with Crippen LogP contribution in [0, 0.1) is 0 Å². The van der Waals surface area contributed by atoms with Gasteiger partial charge in [-0.2, -0.15) is 0 Å². The van der Waals surface area contributed by atoms with E-state index in [9.17, 15) is 9.59 Å². The number of carboxylic acid groups (broad SMARTS) is 1. The number of rotatable bonds is 10. The molecule has 0 bridgehead atoms. The van der Waals surface area contributed by atoms with Gasteiger partial charge in [0.1, 0.15) is 0 Å². The van der Waals surface area contributed by atoms with Gasteiger partial charge in [0.25, 0.3) is 0 Å². The molecule has 0 aromatic carbocycles. The molecular formula is C11H23NO7.